The van der Waals surface area contributed by atoms with Crippen LogP contribution in [0.1, 0.15) is 39.6 Å². The predicted molar refractivity (Wildman–Crippen MR) is 106 cm³/mol. The molecule has 5 heteroatoms. The summed E-state index contributed by atoms with van der Waals surface area (Å²) >= 11 is 1.68. The lowest BCUT2D eigenvalue weighted by Gasteiger charge is -2.26. The molecular formula is C21H23NO3S. The highest BCUT2D eigenvalue weighted by molar-refractivity contribution is 8.00. The number of nitrogens with zero attached hydrogens (tertiary/aromatic N) is 1. The zero-order valence-corrected chi connectivity index (χ0v) is 15.9. The van der Waals surface area contributed by atoms with Crippen LogP contribution in [-0.2, 0) is 16.0 Å². The molecule has 0 saturated carbocycles. The molecule has 1 amide bonds. The van der Waals surface area contributed by atoms with E-state index in [-0.39, 0.29) is 5.91 Å². The number of carbonyl (C=O) groups is 2. The molecule has 2 aromatic rings. The summed E-state index contributed by atoms with van der Waals surface area (Å²) in [6.45, 7) is 0. The minimum atomic E-state index is -0.436. The molecule has 1 aliphatic rings. The lowest BCUT2D eigenvalue weighted by Crippen LogP contribution is -2.30. The topological polar surface area (TPSA) is 46.6 Å². The molecule has 26 heavy (non-hydrogen) atoms. The van der Waals surface area contributed by atoms with Gasteiger partial charge >= 0.3 is 5.97 Å². The van der Waals surface area contributed by atoms with Crippen molar-refractivity contribution in [2.24, 2.45) is 0 Å². The number of para-hydroxylation sites is 1. The minimum Gasteiger partial charge on any atom is -0.465 e. The van der Waals surface area contributed by atoms with Crippen LogP contribution in [0, 0.1) is 0 Å². The summed E-state index contributed by atoms with van der Waals surface area (Å²) in [4.78, 5) is 26.2. The Morgan fingerprint density at radius 2 is 1.88 bits per heavy atom. The molecule has 3 rings (SSSR count). The fraction of sp³-hybridized carbons (Fsp3) is 0.333. The number of hydrogen-bond acceptors (Lipinski definition) is 4. The Morgan fingerprint density at radius 1 is 1.15 bits per heavy atom. The van der Waals surface area contributed by atoms with Crippen molar-refractivity contribution in [3.8, 4) is 0 Å². The van der Waals surface area contributed by atoms with Crippen LogP contribution in [0.2, 0.25) is 0 Å². The van der Waals surface area contributed by atoms with E-state index in [2.05, 4.69) is 24.3 Å². The number of esters is 1. The molecule has 0 heterocycles. The van der Waals surface area contributed by atoms with Gasteiger partial charge in [-0.05, 0) is 42.5 Å². The highest BCUT2D eigenvalue weighted by Crippen LogP contribution is 2.39. The van der Waals surface area contributed by atoms with Crippen molar-refractivity contribution in [3.63, 3.8) is 0 Å². The van der Waals surface area contributed by atoms with E-state index in [9.17, 15) is 9.59 Å². The van der Waals surface area contributed by atoms with Crippen LogP contribution in [0.25, 0.3) is 0 Å². The van der Waals surface area contributed by atoms with E-state index in [0.717, 1.165) is 19.3 Å². The number of ether oxygens (including phenoxy) is 1. The minimum absolute atomic E-state index is 0.0191. The number of aryl methyl sites for hydroxylation is 1. The molecule has 136 valence electrons. The first kappa shape index (κ1) is 18.5. The fourth-order valence-corrected chi connectivity index (χ4v) is 4.61. The Bertz CT molecular complexity index is 805. The van der Waals surface area contributed by atoms with Gasteiger partial charge in [0.25, 0.3) is 0 Å². The Hall–Kier alpha value is -2.27. The molecule has 0 aliphatic heterocycles. The molecule has 0 radical (unpaired) electrons. The van der Waals surface area contributed by atoms with Crippen LogP contribution in [0.15, 0.2) is 48.5 Å². The number of thioether (sulfide) groups is 1. The Balaban J connectivity index is 1.69. The smallest absolute Gasteiger partial charge is 0.339 e. The summed E-state index contributed by atoms with van der Waals surface area (Å²) < 4.78 is 4.82. The van der Waals surface area contributed by atoms with Gasteiger partial charge in [0, 0.05) is 12.3 Å². The molecule has 0 spiro atoms. The van der Waals surface area contributed by atoms with Crippen molar-refractivity contribution in [1.82, 2.24) is 0 Å². The van der Waals surface area contributed by atoms with Crippen molar-refractivity contribution in [3.05, 3.63) is 65.2 Å². The van der Waals surface area contributed by atoms with Crippen LogP contribution in [0.5, 0.6) is 0 Å². The number of anilines is 1. The highest BCUT2D eigenvalue weighted by Gasteiger charge is 2.23. The molecule has 0 aromatic heterocycles. The van der Waals surface area contributed by atoms with Gasteiger partial charge in [-0.2, -0.15) is 0 Å². The lowest BCUT2D eigenvalue weighted by molar-refractivity contribution is -0.115. The third-order valence-electron chi connectivity index (χ3n) is 4.77. The summed E-state index contributed by atoms with van der Waals surface area (Å²) in [6.07, 6.45) is 3.37. The summed E-state index contributed by atoms with van der Waals surface area (Å²) in [5.41, 5.74) is 3.73. The van der Waals surface area contributed by atoms with Crippen molar-refractivity contribution < 1.29 is 14.3 Å². The van der Waals surface area contributed by atoms with Crippen LogP contribution in [0.4, 0.5) is 5.69 Å². The van der Waals surface area contributed by atoms with E-state index in [0.29, 0.717) is 22.3 Å². The van der Waals surface area contributed by atoms with E-state index in [1.165, 1.54) is 18.2 Å². The number of benzene rings is 2. The summed E-state index contributed by atoms with van der Waals surface area (Å²) in [5, 5.41) is 0.355. The molecule has 4 nitrogen and oxygen atoms in total. The van der Waals surface area contributed by atoms with Gasteiger partial charge in [-0.1, -0.05) is 36.4 Å². The molecule has 1 aliphatic carbocycles. The second kappa shape index (κ2) is 8.41. The lowest BCUT2D eigenvalue weighted by atomic mass is 9.91. The van der Waals surface area contributed by atoms with Gasteiger partial charge in [-0.3, -0.25) is 4.79 Å². The third kappa shape index (κ3) is 3.93. The molecule has 1 unspecified atom stereocenters. The van der Waals surface area contributed by atoms with Crippen molar-refractivity contribution in [1.29, 1.82) is 0 Å². The number of hydrogen-bond donors (Lipinski definition) is 0. The standard InChI is InChI=1S/C21H23NO3S/c1-22(18-12-6-5-11-17(18)21(24)25-2)20(23)14-26-19-13-7-9-15-8-3-4-10-16(15)19/h3-6,8,10-12,19H,7,9,13-14H2,1-2H3. The van der Waals surface area contributed by atoms with Crippen LogP contribution in [0.3, 0.4) is 0 Å². The van der Waals surface area contributed by atoms with Crippen LogP contribution >= 0.6 is 11.8 Å². The van der Waals surface area contributed by atoms with E-state index in [4.69, 9.17) is 4.74 Å². The third-order valence-corrected chi connectivity index (χ3v) is 6.07. The van der Waals surface area contributed by atoms with Crippen LogP contribution < -0.4 is 4.90 Å². The fourth-order valence-electron chi connectivity index (χ4n) is 3.33. The highest BCUT2D eigenvalue weighted by atomic mass is 32.2. The molecule has 0 N–H and O–H groups in total. The van der Waals surface area contributed by atoms with E-state index < -0.39 is 5.97 Å². The summed E-state index contributed by atoms with van der Waals surface area (Å²) in [7, 11) is 3.05. The van der Waals surface area contributed by atoms with Crippen LogP contribution in [-0.4, -0.2) is 31.8 Å². The molecule has 0 saturated heterocycles. The maximum Gasteiger partial charge on any atom is 0.339 e. The largest absolute Gasteiger partial charge is 0.465 e. The number of rotatable bonds is 5. The normalized spacial score (nSPS) is 15.8. The molecule has 2 aromatic carbocycles. The average Bonchev–Trinajstić information content (AvgIpc) is 2.70. The Morgan fingerprint density at radius 3 is 2.69 bits per heavy atom. The van der Waals surface area contributed by atoms with Gasteiger partial charge in [0.1, 0.15) is 0 Å². The second-order valence-electron chi connectivity index (χ2n) is 6.35. The summed E-state index contributed by atoms with van der Waals surface area (Å²) in [6, 6.07) is 15.5. The van der Waals surface area contributed by atoms with Crippen molar-refractivity contribution in [2.45, 2.75) is 24.5 Å². The van der Waals surface area contributed by atoms with Gasteiger partial charge in [0.2, 0.25) is 5.91 Å². The first-order chi connectivity index (χ1) is 12.6. The maximum atomic E-state index is 12.7. The summed E-state index contributed by atoms with van der Waals surface area (Å²) in [5.74, 6) is -0.0751. The number of amides is 1. The first-order valence-electron chi connectivity index (χ1n) is 8.75. The number of methoxy groups -OCH3 is 1. The molecule has 0 bridgehead atoms. The molecular weight excluding hydrogens is 346 g/mol. The quantitative estimate of drug-likeness (QED) is 0.740. The van der Waals surface area contributed by atoms with E-state index >= 15 is 0 Å². The Labute approximate surface area is 158 Å². The zero-order valence-electron chi connectivity index (χ0n) is 15.1. The van der Waals surface area contributed by atoms with Gasteiger partial charge in [-0.15, -0.1) is 11.8 Å². The monoisotopic (exact) mass is 369 g/mol. The predicted octanol–water partition coefficient (Wildman–Crippen LogP) is 4.25. The molecule has 0 fully saturated rings. The average molecular weight is 369 g/mol. The van der Waals surface area contributed by atoms with Crippen molar-refractivity contribution >= 4 is 29.3 Å². The SMILES string of the molecule is COC(=O)c1ccccc1N(C)C(=O)CSC1CCCc2ccccc21. The van der Waals surface area contributed by atoms with Gasteiger partial charge in [0.05, 0.1) is 24.1 Å². The van der Waals surface area contributed by atoms with Gasteiger partial charge < -0.3 is 9.64 Å². The zero-order chi connectivity index (χ0) is 18.5. The maximum absolute atomic E-state index is 12.7. The van der Waals surface area contributed by atoms with Gasteiger partial charge in [0.15, 0.2) is 0 Å². The number of fused-ring (bicyclic) bond motifs is 1. The Kier molecular flexibility index (Phi) is 5.99. The van der Waals surface area contributed by atoms with E-state index in [1.54, 1.807) is 41.9 Å². The molecule has 1 atom stereocenters. The van der Waals surface area contributed by atoms with E-state index in [1.807, 2.05) is 6.07 Å². The first-order valence-corrected chi connectivity index (χ1v) is 9.80. The number of carbonyl (C=O) groups excluding carboxylic acids is 2. The second-order valence-corrected chi connectivity index (χ2v) is 7.54. The van der Waals surface area contributed by atoms with Crippen molar-refractivity contribution in [2.75, 3.05) is 24.8 Å². The van der Waals surface area contributed by atoms with Gasteiger partial charge in [-0.25, -0.2) is 4.79 Å².